The summed E-state index contributed by atoms with van der Waals surface area (Å²) in [5.74, 6) is -1.12. The maximum Gasteiger partial charge on any atom is 0.321 e. The van der Waals surface area contributed by atoms with E-state index in [1.165, 1.54) is 0 Å². The Morgan fingerprint density at radius 1 is 1.36 bits per heavy atom. The SMILES string of the molecule is Cc1ccc([C@@H](C)[C@@H](N)C(=O)O)cc1. The average Bonchev–Trinajstić information content (AvgIpc) is 2.16. The number of rotatable bonds is 3. The van der Waals surface area contributed by atoms with E-state index < -0.39 is 12.0 Å². The van der Waals surface area contributed by atoms with Crippen LogP contribution in [0, 0.1) is 6.92 Å². The van der Waals surface area contributed by atoms with E-state index in [0.717, 1.165) is 11.1 Å². The molecular weight excluding hydrogens is 178 g/mol. The number of carbonyl (C=O) groups is 1. The van der Waals surface area contributed by atoms with Crippen molar-refractivity contribution in [1.29, 1.82) is 0 Å². The van der Waals surface area contributed by atoms with Gasteiger partial charge in [-0.1, -0.05) is 36.8 Å². The minimum absolute atomic E-state index is 0.159. The zero-order valence-corrected chi connectivity index (χ0v) is 8.40. The third-order valence-electron chi connectivity index (χ3n) is 2.43. The molecule has 0 fully saturated rings. The molecule has 76 valence electrons. The molecule has 0 saturated heterocycles. The predicted octanol–water partition coefficient (Wildman–Crippen LogP) is 1.51. The molecule has 14 heavy (non-hydrogen) atoms. The summed E-state index contributed by atoms with van der Waals surface area (Å²) in [6.45, 7) is 3.81. The molecule has 0 radical (unpaired) electrons. The molecule has 0 aliphatic carbocycles. The second-order valence-corrected chi connectivity index (χ2v) is 3.56. The van der Waals surface area contributed by atoms with Crippen LogP contribution in [0.15, 0.2) is 24.3 Å². The van der Waals surface area contributed by atoms with Crippen molar-refractivity contribution in [3.05, 3.63) is 35.4 Å². The van der Waals surface area contributed by atoms with Crippen LogP contribution in [0.3, 0.4) is 0 Å². The third-order valence-corrected chi connectivity index (χ3v) is 2.43. The van der Waals surface area contributed by atoms with Crippen LogP contribution in [-0.4, -0.2) is 17.1 Å². The largest absolute Gasteiger partial charge is 0.480 e. The van der Waals surface area contributed by atoms with Gasteiger partial charge in [-0.15, -0.1) is 0 Å². The molecule has 1 aromatic carbocycles. The molecule has 0 heterocycles. The Balaban J connectivity index is 2.84. The summed E-state index contributed by atoms with van der Waals surface area (Å²) >= 11 is 0. The number of benzene rings is 1. The van der Waals surface area contributed by atoms with Crippen LogP contribution in [0.4, 0.5) is 0 Å². The van der Waals surface area contributed by atoms with Crippen LogP contribution < -0.4 is 5.73 Å². The first-order valence-electron chi connectivity index (χ1n) is 4.57. The van der Waals surface area contributed by atoms with Gasteiger partial charge >= 0.3 is 5.97 Å². The molecule has 1 rings (SSSR count). The number of nitrogens with two attached hydrogens (primary N) is 1. The van der Waals surface area contributed by atoms with E-state index in [1.807, 2.05) is 38.1 Å². The minimum atomic E-state index is -0.960. The van der Waals surface area contributed by atoms with Gasteiger partial charge in [0, 0.05) is 5.92 Å². The lowest BCUT2D eigenvalue weighted by atomic mass is 9.93. The van der Waals surface area contributed by atoms with Crippen LogP contribution in [0.2, 0.25) is 0 Å². The molecule has 0 amide bonds. The maximum atomic E-state index is 10.7. The molecule has 0 unspecified atom stereocenters. The van der Waals surface area contributed by atoms with Crippen molar-refractivity contribution in [2.75, 3.05) is 0 Å². The van der Waals surface area contributed by atoms with Gasteiger partial charge in [-0.3, -0.25) is 4.79 Å². The van der Waals surface area contributed by atoms with E-state index >= 15 is 0 Å². The molecule has 0 aliphatic rings. The van der Waals surface area contributed by atoms with Crippen molar-refractivity contribution in [1.82, 2.24) is 0 Å². The zero-order chi connectivity index (χ0) is 10.7. The van der Waals surface area contributed by atoms with E-state index in [9.17, 15) is 4.79 Å². The lowest BCUT2D eigenvalue weighted by Gasteiger charge is -2.16. The standard InChI is InChI=1S/C11H15NO2/c1-7-3-5-9(6-4-7)8(2)10(12)11(13)14/h3-6,8,10H,12H2,1-2H3,(H,13,14)/t8-,10-/m1/s1. The number of hydrogen-bond acceptors (Lipinski definition) is 2. The van der Waals surface area contributed by atoms with Gasteiger partial charge in [-0.25, -0.2) is 0 Å². The number of carboxylic acids is 1. The molecule has 2 atom stereocenters. The minimum Gasteiger partial charge on any atom is -0.480 e. The number of aliphatic carboxylic acids is 1. The molecule has 3 nitrogen and oxygen atoms in total. The first-order valence-corrected chi connectivity index (χ1v) is 4.57. The van der Waals surface area contributed by atoms with Crippen LogP contribution in [0.25, 0.3) is 0 Å². The van der Waals surface area contributed by atoms with Crippen molar-refractivity contribution in [3.8, 4) is 0 Å². The summed E-state index contributed by atoms with van der Waals surface area (Å²) in [5.41, 5.74) is 7.65. The summed E-state index contributed by atoms with van der Waals surface area (Å²) in [6, 6.07) is 6.92. The van der Waals surface area contributed by atoms with Crippen molar-refractivity contribution >= 4 is 5.97 Å². The van der Waals surface area contributed by atoms with Gasteiger partial charge in [-0.05, 0) is 12.5 Å². The van der Waals surface area contributed by atoms with E-state index in [-0.39, 0.29) is 5.92 Å². The summed E-state index contributed by atoms with van der Waals surface area (Å²) in [4.78, 5) is 10.7. The maximum absolute atomic E-state index is 10.7. The molecule has 1 aromatic rings. The van der Waals surface area contributed by atoms with Crippen molar-refractivity contribution < 1.29 is 9.90 Å². The summed E-state index contributed by atoms with van der Waals surface area (Å²) in [5, 5.41) is 8.74. The zero-order valence-electron chi connectivity index (χ0n) is 8.40. The number of carboxylic acid groups (broad SMARTS) is 1. The summed E-state index contributed by atoms with van der Waals surface area (Å²) in [6.07, 6.45) is 0. The number of aryl methyl sites for hydroxylation is 1. The molecule has 0 bridgehead atoms. The fourth-order valence-corrected chi connectivity index (χ4v) is 1.29. The molecule has 0 saturated carbocycles. The normalized spacial score (nSPS) is 14.8. The van der Waals surface area contributed by atoms with Crippen LogP contribution in [0.5, 0.6) is 0 Å². The topological polar surface area (TPSA) is 63.3 Å². The highest BCUT2D eigenvalue weighted by Gasteiger charge is 2.20. The number of hydrogen-bond donors (Lipinski definition) is 2. The first-order chi connectivity index (χ1) is 6.52. The Bertz CT molecular complexity index is 319. The van der Waals surface area contributed by atoms with E-state index in [1.54, 1.807) is 0 Å². The quantitative estimate of drug-likeness (QED) is 0.764. The predicted molar refractivity (Wildman–Crippen MR) is 55.2 cm³/mol. The van der Waals surface area contributed by atoms with Gasteiger partial charge in [0.25, 0.3) is 0 Å². The van der Waals surface area contributed by atoms with Crippen molar-refractivity contribution in [2.45, 2.75) is 25.8 Å². The monoisotopic (exact) mass is 193 g/mol. The van der Waals surface area contributed by atoms with Crippen LogP contribution in [-0.2, 0) is 4.79 Å². The second-order valence-electron chi connectivity index (χ2n) is 3.56. The van der Waals surface area contributed by atoms with Crippen molar-refractivity contribution in [2.24, 2.45) is 5.73 Å². The summed E-state index contributed by atoms with van der Waals surface area (Å²) < 4.78 is 0. The molecular formula is C11H15NO2. The summed E-state index contributed by atoms with van der Waals surface area (Å²) in [7, 11) is 0. The molecule has 3 heteroatoms. The smallest absolute Gasteiger partial charge is 0.321 e. The Kier molecular flexibility index (Phi) is 3.25. The van der Waals surface area contributed by atoms with Gasteiger partial charge in [0.2, 0.25) is 0 Å². The molecule has 3 N–H and O–H groups in total. The first kappa shape index (κ1) is 10.7. The highest BCUT2D eigenvalue weighted by Crippen LogP contribution is 2.18. The molecule has 0 spiro atoms. The Morgan fingerprint density at radius 2 is 1.86 bits per heavy atom. The average molecular weight is 193 g/mol. The fraction of sp³-hybridized carbons (Fsp3) is 0.364. The molecule has 0 aromatic heterocycles. The van der Waals surface area contributed by atoms with Crippen LogP contribution in [0.1, 0.15) is 24.0 Å². The third kappa shape index (κ3) is 2.33. The lowest BCUT2D eigenvalue weighted by Crippen LogP contribution is -2.35. The highest BCUT2D eigenvalue weighted by molar-refractivity contribution is 5.74. The van der Waals surface area contributed by atoms with Crippen molar-refractivity contribution in [3.63, 3.8) is 0 Å². The lowest BCUT2D eigenvalue weighted by molar-refractivity contribution is -0.139. The van der Waals surface area contributed by atoms with Gasteiger partial charge in [0.05, 0.1) is 0 Å². The Morgan fingerprint density at radius 3 is 2.29 bits per heavy atom. The van der Waals surface area contributed by atoms with Gasteiger partial charge in [0.1, 0.15) is 6.04 Å². The van der Waals surface area contributed by atoms with E-state index in [0.29, 0.717) is 0 Å². The highest BCUT2D eigenvalue weighted by atomic mass is 16.4. The second kappa shape index (κ2) is 4.24. The van der Waals surface area contributed by atoms with Gasteiger partial charge in [-0.2, -0.15) is 0 Å². The van der Waals surface area contributed by atoms with Crippen LogP contribution >= 0.6 is 0 Å². The fourth-order valence-electron chi connectivity index (χ4n) is 1.29. The molecule has 0 aliphatic heterocycles. The van der Waals surface area contributed by atoms with Gasteiger partial charge < -0.3 is 10.8 Å². The van der Waals surface area contributed by atoms with E-state index in [2.05, 4.69) is 0 Å². The van der Waals surface area contributed by atoms with Gasteiger partial charge in [0.15, 0.2) is 0 Å². The Hall–Kier alpha value is -1.35. The Labute approximate surface area is 83.6 Å². The van der Waals surface area contributed by atoms with E-state index in [4.69, 9.17) is 10.8 Å².